The zero-order valence-electron chi connectivity index (χ0n) is 17.3. The molecule has 0 aliphatic carbocycles. The number of amides is 2. The van der Waals surface area contributed by atoms with Gasteiger partial charge in [-0.05, 0) is 42.0 Å². The zero-order valence-corrected chi connectivity index (χ0v) is 17.3. The van der Waals surface area contributed by atoms with Crippen LogP contribution in [0.3, 0.4) is 0 Å². The molecule has 2 aliphatic heterocycles. The first-order valence-corrected chi connectivity index (χ1v) is 10.7. The van der Waals surface area contributed by atoms with Crippen LogP contribution in [0.25, 0.3) is 0 Å². The van der Waals surface area contributed by atoms with Crippen molar-refractivity contribution in [2.24, 2.45) is 0 Å². The van der Waals surface area contributed by atoms with E-state index in [1.54, 1.807) is 0 Å². The molecule has 0 saturated carbocycles. The lowest BCUT2D eigenvalue weighted by molar-refractivity contribution is 0.0340. The van der Waals surface area contributed by atoms with Crippen molar-refractivity contribution in [3.63, 3.8) is 0 Å². The minimum absolute atomic E-state index is 0.0388. The van der Waals surface area contributed by atoms with Gasteiger partial charge in [-0.15, -0.1) is 0 Å². The Labute approximate surface area is 173 Å². The molecule has 2 heterocycles. The Hall–Kier alpha value is -2.37. The molecule has 2 aliphatic rings. The molecule has 2 fully saturated rings. The Morgan fingerprint density at radius 3 is 2.55 bits per heavy atom. The monoisotopic (exact) mass is 393 g/mol. The van der Waals surface area contributed by atoms with Crippen LogP contribution in [0.2, 0.25) is 0 Å². The van der Waals surface area contributed by atoms with Crippen LogP contribution >= 0.6 is 0 Å². The van der Waals surface area contributed by atoms with Gasteiger partial charge >= 0.3 is 6.03 Å². The Bertz CT molecular complexity index is 832. The number of nitrogens with zero attached hydrogens (tertiary/aromatic N) is 2. The second-order valence-corrected chi connectivity index (χ2v) is 8.02. The molecule has 5 heteroatoms. The second kappa shape index (κ2) is 9.42. The number of hydrogen-bond donors (Lipinski definition) is 1. The van der Waals surface area contributed by atoms with Crippen LogP contribution < -0.4 is 5.32 Å². The van der Waals surface area contributed by atoms with Crippen LogP contribution in [0.1, 0.15) is 41.1 Å². The molecule has 0 aromatic heterocycles. The van der Waals surface area contributed by atoms with E-state index in [1.807, 2.05) is 4.90 Å². The maximum Gasteiger partial charge on any atom is 0.318 e. The van der Waals surface area contributed by atoms with E-state index in [0.29, 0.717) is 6.54 Å². The first-order chi connectivity index (χ1) is 14.2. The van der Waals surface area contributed by atoms with E-state index in [0.717, 1.165) is 52.2 Å². The van der Waals surface area contributed by atoms with Crippen molar-refractivity contribution in [1.29, 1.82) is 0 Å². The summed E-state index contributed by atoms with van der Waals surface area (Å²) in [5.74, 6) is 0. The third-order valence-corrected chi connectivity index (χ3v) is 6.11. The Morgan fingerprint density at radius 1 is 1.03 bits per heavy atom. The number of benzene rings is 2. The van der Waals surface area contributed by atoms with E-state index < -0.39 is 0 Å². The summed E-state index contributed by atoms with van der Waals surface area (Å²) in [7, 11) is 0. The van der Waals surface area contributed by atoms with Gasteiger partial charge in [-0.2, -0.15) is 0 Å². The molecule has 1 N–H and O–H groups in total. The zero-order chi connectivity index (χ0) is 20.1. The molecule has 5 nitrogen and oxygen atoms in total. The molecule has 1 atom stereocenters. The molecular weight excluding hydrogens is 362 g/mol. The van der Waals surface area contributed by atoms with Crippen molar-refractivity contribution in [3.05, 3.63) is 70.8 Å². The van der Waals surface area contributed by atoms with Gasteiger partial charge in [-0.3, -0.25) is 4.90 Å². The predicted octanol–water partition coefficient (Wildman–Crippen LogP) is 3.87. The van der Waals surface area contributed by atoms with Gasteiger partial charge in [0.25, 0.3) is 0 Å². The summed E-state index contributed by atoms with van der Waals surface area (Å²) in [5, 5.41) is 3.18. The lowest BCUT2D eigenvalue weighted by Gasteiger charge is -2.28. The standard InChI is InChI=1S/C24H31N3O2/c1-19-7-2-5-10-22(19)23-11-6-12-27(23)24(28)25-17-20-8-3-4-9-21(20)18-26-13-15-29-16-14-26/h2-5,7-10,23H,6,11-18H2,1H3,(H,25,28). The lowest BCUT2D eigenvalue weighted by atomic mass is 9.99. The fourth-order valence-corrected chi connectivity index (χ4v) is 4.45. The van der Waals surface area contributed by atoms with Crippen LogP contribution in [0, 0.1) is 6.92 Å². The molecule has 0 spiro atoms. The number of ether oxygens (including phenoxy) is 1. The molecule has 0 radical (unpaired) electrons. The molecule has 2 aromatic carbocycles. The normalized spacial score (nSPS) is 20.0. The minimum Gasteiger partial charge on any atom is -0.379 e. The number of likely N-dealkylation sites (tertiary alicyclic amines) is 1. The van der Waals surface area contributed by atoms with E-state index in [2.05, 4.69) is 65.7 Å². The highest BCUT2D eigenvalue weighted by molar-refractivity contribution is 5.75. The number of urea groups is 1. The van der Waals surface area contributed by atoms with Crippen LogP contribution in [-0.4, -0.2) is 48.7 Å². The minimum atomic E-state index is 0.0388. The first kappa shape index (κ1) is 19.9. The van der Waals surface area contributed by atoms with Crippen molar-refractivity contribution in [2.45, 2.75) is 38.9 Å². The van der Waals surface area contributed by atoms with E-state index in [-0.39, 0.29) is 12.1 Å². The molecule has 2 amide bonds. The summed E-state index contributed by atoms with van der Waals surface area (Å²) >= 11 is 0. The van der Waals surface area contributed by atoms with Crippen molar-refractivity contribution in [2.75, 3.05) is 32.8 Å². The van der Waals surface area contributed by atoms with Gasteiger partial charge < -0.3 is 15.0 Å². The third-order valence-electron chi connectivity index (χ3n) is 6.11. The van der Waals surface area contributed by atoms with Gasteiger partial charge in [0.05, 0.1) is 19.3 Å². The summed E-state index contributed by atoms with van der Waals surface area (Å²) in [6.45, 7) is 7.95. The van der Waals surface area contributed by atoms with E-state index in [1.165, 1.54) is 22.3 Å². The van der Waals surface area contributed by atoms with Crippen LogP contribution in [0.4, 0.5) is 4.79 Å². The lowest BCUT2D eigenvalue weighted by Crippen LogP contribution is -2.39. The van der Waals surface area contributed by atoms with Gasteiger partial charge in [0.2, 0.25) is 0 Å². The average Bonchev–Trinajstić information content (AvgIpc) is 3.24. The molecular formula is C24H31N3O2. The number of nitrogens with one attached hydrogen (secondary N) is 1. The maximum absolute atomic E-state index is 13.0. The van der Waals surface area contributed by atoms with Gasteiger partial charge in [-0.25, -0.2) is 4.79 Å². The highest BCUT2D eigenvalue weighted by Crippen LogP contribution is 2.33. The van der Waals surface area contributed by atoms with Gasteiger partial charge in [0, 0.05) is 32.7 Å². The van der Waals surface area contributed by atoms with E-state index >= 15 is 0 Å². The summed E-state index contributed by atoms with van der Waals surface area (Å²) < 4.78 is 5.45. The maximum atomic E-state index is 13.0. The summed E-state index contributed by atoms with van der Waals surface area (Å²) in [4.78, 5) is 17.4. The van der Waals surface area contributed by atoms with Gasteiger partial charge in [0.1, 0.15) is 0 Å². The van der Waals surface area contributed by atoms with Crippen molar-refractivity contribution in [1.82, 2.24) is 15.1 Å². The fraction of sp³-hybridized carbons (Fsp3) is 0.458. The number of carbonyl (C=O) groups excluding carboxylic acids is 1. The average molecular weight is 394 g/mol. The summed E-state index contributed by atoms with van der Waals surface area (Å²) in [6, 6.07) is 17.1. The molecule has 0 bridgehead atoms. The van der Waals surface area contributed by atoms with Gasteiger partial charge in [0.15, 0.2) is 0 Å². The number of aryl methyl sites for hydroxylation is 1. The molecule has 4 rings (SSSR count). The molecule has 154 valence electrons. The van der Waals surface area contributed by atoms with E-state index in [4.69, 9.17) is 4.74 Å². The highest BCUT2D eigenvalue weighted by atomic mass is 16.5. The molecule has 2 saturated heterocycles. The summed E-state index contributed by atoms with van der Waals surface area (Å²) in [5.41, 5.74) is 5.01. The van der Waals surface area contributed by atoms with Crippen LogP contribution in [0.15, 0.2) is 48.5 Å². The second-order valence-electron chi connectivity index (χ2n) is 8.02. The fourth-order valence-electron chi connectivity index (χ4n) is 4.45. The number of morpholine rings is 1. The van der Waals surface area contributed by atoms with Crippen LogP contribution in [0.5, 0.6) is 0 Å². The van der Waals surface area contributed by atoms with Crippen molar-refractivity contribution >= 4 is 6.03 Å². The Balaban J connectivity index is 1.40. The van der Waals surface area contributed by atoms with E-state index in [9.17, 15) is 4.79 Å². The highest BCUT2D eigenvalue weighted by Gasteiger charge is 2.30. The largest absolute Gasteiger partial charge is 0.379 e. The Kier molecular flexibility index (Phi) is 6.47. The third kappa shape index (κ3) is 4.80. The van der Waals surface area contributed by atoms with Crippen molar-refractivity contribution in [3.8, 4) is 0 Å². The topological polar surface area (TPSA) is 44.8 Å². The predicted molar refractivity (Wildman–Crippen MR) is 115 cm³/mol. The quantitative estimate of drug-likeness (QED) is 0.839. The Morgan fingerprint density at radius 2 is 1.76 bits per heavy atom. The molecule has 1 unspecified atom stereocenters. The smallest absolute Gasteiger partial charge is 0.318 e. The first-order valence-electron chi connectivity index (χ1n) is 10.7. The number of hydrogen-bond acceptors (Lipinski definition) is 3. The summed E-state index contributed by atoms with van der Waals surface area (Å²) in [6.07, 6.45) is 2.09. The molecule has 29 heavy (non-hydrogen) atoms. The number of carbonyl (C=O) groups is 1. The van der Waals surface area contributed by atoms with Crippen LogP contribution in [-0.2, 0) is 17.8 Å². The van der Waals surface area contributed by atoms with Crippen molar-refractivity contribution < 1.29 is 9.53 Å². The number of rotatable bonds is 5. The molecule has 2 aromatic rings. The van der Waals surface area contributed by atoms with Gasteiger partial charge in [-0.1, -0.05) is 48.5 Å². The SMILES string of the molecule is Cc1ccccc1C1CCCN1C(=O)NCc1ccccc1CN1CCOCC1.